The average Bonchev–Trinajstić information content (AvgIpc) is 2.40. The van der Waals surface area contributed by atoms with Crippen molar-refractivity contribution >= 4 is 0 Å². The van der Waals surface area contributed by atoms with Crippen LogP contribution in [0.2, 0.25) is 0 Å². The molecular weight excluding hydrogens is 236 g/mol. The van der Waals surface area contributed by atoms with Gasteiger partial charge in [-0.05, 0) is 34.0 Å². The number of benzene rings is 1. The summed E-state index contributed by atoms with van der Waals surface area (Å²) in [5.74, 6) is 0.781. The van der Waals surface area contributed by atoms with E-state index in [4.69, 9.17) is 0 Å². The minimum Gasteiger partial charge on any atom is -0.300 e. The lowest BCUT2D eigenvalue weighted by atomic mass is 10.1. The molecule has 100 valence electrons. The molecule has 1 heterocycles. The molecule has 0 atom stereocenters. The highest BCUT2D eigenvalue weighted by molar-refractivity contribution is 5.59. The van der Waals surface area contributed by atoms with Gasteiger partial charge in [0.2, 0.25) is 0 Å². The van der Waals surface area contributed by atoms with Crippen LogP contribution in [0, 0.1) is 13.8 Å². The van der Waals surface area contributed by atoms with Crippen LogP contribution in [0.25, 0.3) is 11.3 Å². The summed E-state index contributed by atoms with van der Waals surface area (Å²) in [6.45, 7) is 4.00. The average molecular weight is 256 g/mol. The quantitative estimate of drug-likeness (QED) is 0.823. The van der Waals surface area contributed by atoms with Crippen LogP contribution >= 0.6 is 0 Å². The summed E-state index contributed by atoms with van der Waals surface area (Å²) in [7, 11) is 3.81. The Morgan fingerprint density at radius 2 is 1.58 bits per heavy atom. The predicted molar refractivity (Wildman–Crippen MR) is 77.8 cm³/mol. The van der Waals surface area contributed by atoms with Gasteiger partial charge in [0.15, 0.2) is 0 Å². The molecule has 0 aliphatic rings. The zero-order valence-electron chi connectivity index (χ0n) is 11.9. The first-order valence-corrected chi connectivity index (χ1v) is 6.41. The lowest BCUT2D eigenvalue weighted by molar-refractivity contribution is 0.505. The van der Waals surface area contributed by atoms with E-state index in [1.807, 2.05) is 27.1 Å². The van der Waals surface area contributed by atoms with E-state index in [2.05, 4.69) is 51.8 Å². The molecule has 0 saturated carbocycles. The largest absolute Gasteiger partial charge is 0.300 e. The fraction of sp³-hybridized carbons (Fsp3) is 0.333. The van der Waals surface area contributed by atoms with Crippen LogP contribution in [0.15, 0.2) is 30.3 Å². The van der Waals surface area contributed by atoms with Gasteiger partial charge in [-0.1, -0.05) is 29.8 Å². The van der Waals surface area contributed by atoms with E-state index in [0.717, 1.165) is 22.8 Å². The van der Waals surface area contributed by atoms with Crippen LogP contribution in [0.3, 0.4) is 0 Å². The Bertz CT molecular complexity index is 545. The van der Waals surface area contributed by atoms with Crippen molar-refractivity contribution in [3.63, 3.8) is 0 Å². The predicted octanol–water partition coefficient (Wildman–Crippen LogP) is 2.20. The molecule has 0 amide bonds. The molecule has 1 aromatic carbocycles. The number of hydrogen-bond acceptors (Lipinski definition) is 4. The van der Waals surface area contributed by atoms with Crippen LogP contribution in [-0.2, 0) is 0 Å². The minimum atomic E-state index is 0.0332. The van der Waals surface area contributed by atoms with Gasteiger partial charge in [-0.15, -0.1) is 0 Å². The summed E-state index contributed by atoms with van der Waals surface area (Å²) in [4.78, 5) is 9.00. The lowest BCUT2D eigenvalue weighted by Gasteiger charge is -2.16. The topological polar surface area (TPSA) is 49.8 Å². The minimum absolute atomic E-state index is 0.0332. The zero-order valence-corrected chi connectivity index (χ0v) is 11.9. The molecule has 2 N–H and O–H groups in total. The first-order chi connectivity index (χ1) is 9.13. The van der Waals surface area contributed by atoms with Crippen LogP contribution < -0.4 is 10.6 Å². The van der Waals surface area contributed by atoms with Gasteiger partial charge in [0.05, 0.1) is 11.4 Å². The van der Waals surface area contributed by atoms with Crippen molar-refractivity contribution < 1.29 is 0 Å². The molecule has 0 spiro atoms. The summed E-state index contributed by atoms with van der Waals surface area (Å²) in [6.07, 6.45) is 0.0332. The van der Waals surface area contributed by atoms with Gasteiger partial charge in [-0.25, -0.2) is 9.97 Å². The Morgan fingerprint density at radius 1 is 0.947 bits per heavy atom. The molecule has 2 rings (SSSR count). The third kappa shape index (κ3) is 3.16. The molecule has 4 nitrogen and oxygen atoms in total. The Hall–Kier alpha value is -1.78. The maximum Gasteiger partial charge on any atom is 0.126 e. The number of rotatable bonds is 4. The summed E-state index contributed by atoms with van der Waals surface area (Å²) < 4.78 is 0. The summed E-state index contributed by atoms with van der Waals surface area (Å²) in [5, 5.41) is 6.36. The molecule has 19 heavy (non-hydrogen) atoms. The van der Waals surface area contributed by atoms with E-state index < -0.39 is 0 Å². The molecular formula is C15H20N4. The smallest absolute Gasteiger partial charge is 0.126 e. The van der Waals surface area contributed by atoms with Crippen molar-refractivity contribution in [3.8, 4) is 11.3 Å². The molecule has 0 bridgehead atoms. The van der Waals surface area contributed by atoms with Gasteiger partial charge in [0, 0.05) is 5.56 Å². The second kappa shape index (κ2) is 5.91. The Kier molecular flexibility index (Phi) is 4.24. The van der Waals surface area contributed by atoms with Crippen molar-refractivity contribution in [3.05, 3.63) is 47.4 Å². The molecule has 0 aliphatic carbocycles. The van der Waals surface area contributed by atoms with Crippen LogP contribution in [0.1, 0.15) is 23.2 Å². The third-order valence-electron chi connectivity index (χ3n) is 3.08. The summed E-state index contributed by atoms with van der Waals surface area (Å²) in [5.41, 5.74) is 4.27. The first-order valence-electron chi connectivity index (χ1n) is 6.41. The SMILES string of the molecule is CNC(NC)c1cc(-c2ccc(C)cc2)nc(C)n1. The fourth-order valence-corrected chi connectivity index (χ4v) is 2.05. The number of aromatic nitrogens is 2. The Morgan fingerprint density at radius 3 is 2.16 bits per heavy atom. The molecule has 0 unspecified atom stereocenters. The number of nitrogens with one attached hydrogen (secondary N) is 2. The molecule has 0 fully saturated rings. The second-order valence-corrected chi connectivity index (χ2v) is 4.60. The van der Waals surface area contributed by atoms with E-state index in [1.54, 1.807) is 0 Å². The van der Waals surface area contributed by atoms with E-state index in [9.17, 15) is 0 Å². The normalized spacial score (nSPS) is 11.0. The van der Waals surface area contributed by atoms with Gasteiger partial charge in [0.25, 0.3) is 0 Å². The van der Waals surface area contributed by atoms with Gasteiger partial charge < -0.3 is 0 Å². The van der Waals surface area contributed by atoms with Gasteiger partial charge in [0.1, 0.15) is 12.0 Å². The standard InChI is InChI=1S/C15H20N4/c1-10-5-7-12(8-6-10)13-9-14(15(16-3)17-4)19-11(2)18-13/h5-9,15-17H,1-4H3. The highest BCUT2D eigenvalue weighted by Gasteiger charge is 2.11. The van der Waals surface area contributed by atoms with Gasteiger partial charge >= 0.3 is 0 Å². The van der Waals surface area contributed by atoms with Crippen molar-refractivity contribution in [1.29, 1.82) is 0 Å². The van der Waals surface area contributed by atoms with Crippen LogP contribution in [-0.4, -0.2) is 24.1 Å². The van der Waals surface area contributed by atoms with E-state index in [-0.39, 0.29) is 6.17 Å². The number of nitrogens with zero attached hydrogens (tertiary/aromatic N) is 2. The molecule has 1 aromatic heterocycles. The van der Waals surface area contributed by atoms with E-state index in [1.165, 1.54) is 5.56 Å². The van der Waals surface area contributed by atoms with Crippen molar-refractivity contribution in [2.45, 2.75) is 20.0 Å². The molecule has 0 saturated heterocycles. The fourth-order valence-electron chi connectivity index (χ4n) is 2.05. The molecule has 2 aromatic rings. The maximum atomic E-state index is 4.52. The number of aryl methyl sites for hydroxylation is 2. The Balaban J connectivity index is 2.44. The van der Waals surface area contributed by atoms with Crippen molar-refractivity contribution in [2.75, 3.05) is 14.1 Å². The Labute approximate surface area is 114 Å². The van der Waals surface area contributed by atoms with Gasteiger partial charge in [-0.2, -0.15) is 0 Å². The maximum absolute atomic E-state index is 4.52. The van der Waals surface area contributed by atoms with Crippen LogP contribution in [0.5, 0.6) is 0 Å². The summed E-state index contributed by atoms with van der Waals surface area (Å²) in [6, 6.07) is 10.4. The first kappa shape index (κ1) is 13.6. The highest BCUT2D eigenvalue weighted by atomic mass is 15.1. The molecule has 0 aliphatic heterocycles. The van der Waals surface area contributed by atoms with Crippen LogP contribution in [0.4, 0.5) is 0 Å². The highest BCUT2D eigenvalue weighted by Crippen LogP contribution is 2.20. The van der Waals surface area contributed by atoms with Gasteiger partial charge in [-0.3, -0.25) is 10.6 Å². The van der Waals surface area contributed by atoms with E-state index >= 15 is 0 Å². The lowest BCUT2D eigenvalue weighted by Crippen LogP contribution is -2.29. The number of hydrogen-bond donors (Lipinski definition) is 2. The molecule has 4 heteroatoms. The van der Waals surface area contributed by atoms with E-state index in [0.29, 0.717) is 0 Å². The van der Waals surface area contributed by atoms with Crippen molar-refractivity contribution in [2.24, 2.45) is 0 Å². The second-order valence-electron chi connectivity index (χ2n) is 4.60. The zero-order chi connectivity index (χ0) is 13.8. The monoisotopic (exact) mass is 256 g/mol. The molecule has 0 radical (unpaired) electrons. The third-order valence-corrected chi connectivity index (χ3v) is 3.08. The summed E-state index contributed by atoms with van der Waals surface area (Å²) >= 11 is 0. The van der Waals surface area contributed by atoms with Crippen molar-refractivity contribution in [1.82, 2.24) is 20.6 Å².